The van der Waals surface area contributed by atoms with E-state index in [9.17, 15) is 27.2 Å². The van der Waals surface area contributed by atoms with Crippen LogP contribution in [0.15, 0.2) is 42.6 Å². The maximum Gasteiger partial charge on any atom is 0.425 e. The van der Waals surface area contributed by atoms with E-state index in [0.717, 1.165) is 24.6 Å². The van der Waals surface area contributed by atoms with Gasteiger partial charge in [0.1, 0.15) is 17.1 Å². The SMILES string of the molecule is CC(Oc1ccc(C(=O)N2CCC2)c(Cl)c1C(=O)N1CCc2nn(-c3ccc(F)cc3)cc2C1)C(F)(F)F. The molecule has 0 bridgehead atoms. The van der Waals surface area contributed by atoms with Gasteiger partial charge in [-0.2, -0.15) is 18.3 Å². The molecule has 2 aromatic carbocycles. The van der Waals surface area contributed by atoms with Gasteiger partial charge in [0.25, 0.3) is 11.8 Å². The summed E-state index contributed by atoms with van der Waals surface area (Å²) in [5.74, 6) is -1.78. The van der Waals surface area contributed by atoms with E-state index in [4.69, 9.17) is 16.3 Å². The molecular weight excluding hydrogens is 528 g/mol. The van der Waals surface area contributed by atoms with Crippen molar-refractivity contribution in [3.05, 3.63) is 75.8 Å². The lowest BCUT2D eigenvalue weighted by atomic mass is 10.0. The molecule has 0 aliphatic carbocycles. The number of fused-ring (bicyclic) bond motifs is 1. The summed E-state index contributed by atoms with van der Waals surface area (Å²) in [5.41, 5.74) is 1.85. The van der Waals surface area contributed by atoms with Crippen LogP contribution in [0.4, 0.5) is 17.6 Å². The standard InChI is InChI=1S/C26H23ClF4N4O3/c1-15(26(29,30)31)38-21-8-7-19(24(36)33-10-2-11-33)23(27)22(21)25(37)34-12-9-20-16(13-34)14-35(32-20)18-5-3-17(28)4-6-18/h3-8,14-15H,2,9-13H2,1H3. The lowest BCUT2D eigenvalue weighted by Crippen LogP contribution is -2.42. The average molecular weight is 551 g/mol. The monoisotopic (exact) mass is 550 g/mol. The largest absolute Gasteiger partial charge is 0.480 e. The normalized spacial score (nSPS) is 16.1. The molecule has 0 N–H and O–H groups in total. The van der Waals surface area contributed by atoms with Crippen molar-refractivity contribution in [1.29, 1.82) is 0 Å². The Kier molecular flexibility index (Phi) is 6.81. The zero-order chi connectivity index (χ0) is 27.2. The van der Waals surface area contributed by atoms with Crippen molar-refractivity contribution < 1.29 is 31.9 Å². The van der Waals surface area contributed by atoms with Crippen molar-refractivity contribution in [2.75, 3.05) is 19.6 Å². The minimum absolute atomic E-state index is 0.0311. The van der Waals surface area contributed by atoms with Gasteiger partial charge < -0.3 is 14.5 Å². The number of halogens is 5. The second-order valence-corrected chi connectivity index (χ2v) is 9.62. The number of hydrogen-bond donors (Lipinski definition) is 0. The van der Waals surface area contributed by atoms with Gasteiger partial charge in [0.15, 0.2) is 6.10 Å². The zero-order valence-electron chi connectivity index (χ0n) is 20.3. The predicted molar refractivity (Wildman–Crippen MR) is 130 cm³/mol. The van der Waals surface area contributed by atoms with Gasteiger partial charge in [-0.3, -0.25) is 9.59 Å². The zero-order valence-corrected chi connectivity index (χ0v) is 21.0. The lowest BCUT2D eigenvalue weighted by Gasteiger charge is -2.32. The van der Waals surface area contributed by atoms with Crippen LogP contribution >= 0.6 is 11.6 Å². The summed E-state index contributed by atoms with van der Waals surface area (Å²) >= 11 is 6.54. The molecule has 2 aliphatic rings. The van der Waals surface area contributed by atoms with E-state index < -0.39 is 24.1 Å². The summed E-state index contributed by atoms with van der Waals surface area (Å²) in [6.07, 6.45) is -3.94. The van der Waals surface area contributed by atoms with Crippen molar-refractivity contribution in [3.8, 4) is 11.4 Å². The Morgan fingerprint density at radius 1 is 1.03 bits per heavy atom. The molecule has 2 aliphatic heterocycles. The van der Waals surface area contributed by atoms with Crippen molar-refractivity contribution in [2.24, 2.45) is 0 Å². The summed E-state index contributed by atoms with van der Waals surface area (Å²) in [4.78, 5) is 29.6. The van der Waals surface area contributed by atoms with Crippen molar-refractivity contribution in [1.82, 2.24) is 19.6 Å². The van der Waals surface area contributed by atoms with Gasteiger partial charge >= 0.3 is 6.18 Å². The van der Waals surface area contributed by atoms with Gasteiger partial charge in [-0.05, 0) is 49.7 Å². The highest BCUT2D eigenvalue weighted by Gasteiger charge is 2.40. The molecule has 38 heavy (non-hydrogen) atoms. The number of hydrogen-bond acceptors (Lipinski definition) is 4. The minimum atomic E-state index is -4.67. The second kappa shape index (κ2) is 9.94. The van der Waals surface area contributed by atoms with Crippen LogP contribution in [0.1, 0.15) is 45.3 Å². The number of rotatable bonds is 5. The molecule has 1 fully saturated rings. The highest BCUT2D eigenvalue weighted by molar-refractivity contribution is 6.37. The van der Waals surface area contributed by atoms with Gasteiger partial charge in [-0.1, -0.05) is 11.6 Å². The van der Waals surface area contributed by atoms with Gasteiger partial charge in [0.05, 0.1) is 22.0 Å². The van der Waals surface area contributed by atoms with E-state index in [1.54, 1.807) is 27.9 Å². The fourth-order valence-corrected chi connectivity index (χ4v) is 4.66. The van der Waals surface area contributed by atoms with Crippen LogP contribution in [-0.4, -0.2) is 63.3 Å². The Balaban J connectivity index is 1.46. The maximum atomic E-state index is 13.7. The number of carbonyl (C=O) groups excluding carboxylic acids is 2. The van der Waals surface area contributed by atoms with Crippen LogP contribution < -0.4 is 4.74 Å². The molecule has 3 heterocycles. The molecule has 12 heteroatoms. The van der Waals surface area contributed by atoms with Crippen LogP contribution in [-0.2, 0) is 13.0 Å². The first-order chi connectivity index (χ1) is 18.0. The van der Waals surface area contributed by atoms with E-state index in [-0.39, 0.29) is 40.8 Å². The van der Waals surface area contributed by atoms with E-state index in [1.165, 1.54) is 29.2 Å². The summed E-state index contributed by atoms with van der Waals surface area (Å²) in [7, 11) is 0. The summed E-state index contributed by atoms with van der Waals surface area (Å²) < 4.78 is 59.9. The molecule has 1 atom stereocenters. The first-order valence-electron chi connectivity index (χ1n) is 12.0. The van der Waals surface area contributed by atoms with Crippen LogP contribution in [0, 0.1) is 5.82 Å². The third kappa shape index (κ3) is 4.94. The number of ether oxygens (including phenoxy) is 1. The molecule has 0 saturated carbocycles. The Bertz CT molecular complexity index is 1390. The summed E-state index contributed by atoms with van der Waals surface area (Å²) in [6, 6.07) is 8.25. The van der Waals surface area contributed by atoms with E-state index in [2.05, 4.69) is 5.10 Å². The number of benzene rings is 2. The minimum Gasteiger partial charge on any atom is -0.480 e. The Morgan fingerprint density at radius 3 is 2.37 bits per heavy atom. The lowest BCUT2D eigenvalue weighted by molar-refractivity contribution is -0.189. The van der Waals surface area contributed by atoms with E-state index in [1.807, 2.05) is 0 Å². The Hall–Kier alpha value is -3.60. The molecule has 0 spiro atoms. The smallest absolute Gasteiger partial charge is 0.425 e. The van der Waals surface area contributed by atoms with Crippen LogP contribution in [0.5, 0.6) is 5.75 Å². The third-order valence-electron chi connectivity index (χ3n) is 6.69. The molecular formula is C26H23ClF4N4O3. The van der Waals surface area contributed by atoms with Crippen molar-refractivity contribution in [3.63, 3.8) is 0 Å². The van der Waals surface area contributed by atoms with Crippen molar-refractivity contribution in [2.45, 2.75) is 38.6 Å². The van der Waals surface area contributed by atoms with Crippen LogP contribution in [0.3, 0.4) is 0 Å². The highest BCUT2D eigenvalue weighted by atomic mass is 35.5. The quantitative estimate of drug-likeness (QED) is 0.418. The highest BCUT2D eigenvalue weighted by Crippen LogP contribution is 2.36. The average Bonchev–Trinajstić information content (AvgIpc) is 3.26. The second-order valence-electron chi connectivity index (χ2n) is 9.25. The summed E-state index contributed by atoms with van der Waals surface area (Å²) in [6.45, 7) is 2.24. The van der Waals surface area contributed by atoms with Gasteiger partial charge in [0, 0.05) is 44.4 Å². The van der Waals surface area contributed by atoms with Crippen LogP contribution in [0.2, 0.25) is 5.02 Å². The molecule has 1 aromatic heterocycles. The molecule has 0 radical (unpaired) electrons. The molecule has 1 unspecified atom stereocenters. The Morgan fingerprint density at radius 2 is 1.74 bits per heavy atom. The fraction of sp³-hybridized carbons (Fsp3) is 0.346. The van der Waals surface area contributed by atoms with E-state index >= 15 is 0 Å². The van der Waals surface area contributed by atoms with Crippen molar-refractivity contribution >= 4 is 23.4 Å². The molecule has 1 saturated heterocycles. The van der Waals surface area contributed by atoms with E-state index in [0.29, 0.717) is 25.2 Å². The third-order valence-corrected chi connectivity index (χ3v) is 7.08. The topological polar surface area (TPSA) is 67.7 Å². The number of alkyl halides is 3. The molecule has 3 aromatic rings. The summed E-state index contributed by atoms with van der Waals surface area (Å²) in [5, 5.41) is 4.28. The number of amides is 2. The molecule has 7 nitrogen and oxygen atoms in total. The predicted octanol–water partition coefficient (Wildman–Crippen LogP) is 5.04. The molecule has 2 amide bonds. The van der Waals surface area contributed by atoms with Gasteiger partial charge in [-0.15, -0.1) is 0 Å². The van der Waals surface area contributed by atoms with Crippen LogP contribution in [0.25, 0.3) is 5.69 Å². The number of aromatic nitrogens is 2. The first-order valence-corrected chi connectivity index (χ1v) is 12.4. The number of carbonyl (C=O) groups is 2. The fourth-order valence-electron chi connectivity index (χ4n) is 4.34. The number of likely N-dealkylation sites (tertiary alicyclic amines) is 1. The Labute approximate surface area is 220 Å². The van der Waals surface area contributed by atoms with Gasteiger partial charge in [-0.25, -0.2) is 9.07 Å². The van der Waals surface area contributed by atoms with Gasteiger partial charge in [0.2, 0.25) is 0 Å². The maximum absolute atomic E-state index is 13.7. The molecule has 200 valence electrons. The molecule has 5 rings (SSSR count). The number of nitrogens with zero attached hydrogens (tertiary/aromatic N) is 4. The first kappa shape index (κ1) is 26.0.